The Bertz CT molecular complexity index is 523. The fourth-order valence-corrected chi connectivity index (χ4v) is 2.42. The van der Waals surface area contributed by atoms with Gasteiger partial charge in [0.15, 0.2) is 11.5 Å². The molecule has 1 heterocycles. The van der Waals surface area contributed by atoms with E-state index >= 15 is 0 Å². The summed E-state index contributed by atoms with van der Waals surface area (Å²) in [5.74, 6) is 1.28. The van der Waals surface area contributed by atoms with Crippen LogP contribution in [0, 0.1) is 5.41 Å². The third kappa shape index (κ3) is 4.81. The molecule has 0 fully saturated rings. The topological polar surface area (TPSA) is 47.6 Å². The number of amides is 1. The molecule has 0 bridgehead atoms. The van der Waals surface area contributed by atoms with E-state index in [0.29, 0.717) is 42.7 Å². The Hall–Kier alpha value is -1.42. The number of fused-ring (bicyclic) bond motifs is 1. The van der Waals surface area contributed by atoms with Crippen molar-refractivity contribution < 1.29 is 14.3 Å². The van der Waals surface area contributed by atoms with Crippen molar-refractivity contribution in [2.75, 3.05) is 13.2 Å². The van der Waals surface area contributed by atoms with Gasteiger partial charge in [-0.15, -0.1) is 0 Å². The van der Waals surface area contributed by atoms with Crippen LogP contribution in [-0.2, 0) is 11.3 Å². The van der Waals surface area contributed by atoms with Gasteiger partial charge in [0.1, 0.15) is 0 Å². The molecule has 21 heavy (non-hydrogen) atoms. The number of hydrogen-bond donors (Lipinski definition) is 1. The Kier molecular flexibility index (Phi) is 4.99. The molecule has 0 saturated heterocycles. The van der Waals surface area contributed by atoms with Crippen LogP contribution in [0.15, 0.2) is 12.1 Å². The lowest BCUT2D eigenvalue weighted by molar-refractivity contribution is -0.122. The zero-order chi connectivity index (χ0) is 15.5. The van der Waals surface area contributed by atoms with Crippen LogP contribution >= 0.6 is 11.6 Å². The minimum Gasteiger partial charge on any atom is -0.489 e. The second-order valence-electron chi connectivity index (χ2n) is 6.47. The van der Waals surface area contributed by atoms with E-state index in [0.717, 1.165) is 12.0 Å². The van der Waals surface area contributed by atoms with E-state index in [-0.39, 0.29) is 11.3 Å². The van der Waals surface area contributed by atoms with Gasteiger partial charge in [0, 0.05) is 19.4 Å². The average molecular weight is 312 g/mol. The predicted octanol–water partition coefficient (Wildman–Crippen LogP) is 3.55. The molecule has 1 amide bonds. The Balaban J connectivity index is 2.03. The lowest BCUT2D eigenvalue weighted by Crippen LogP contribution is -2.27. The van der Waals surface area contributed by atoms with E-state index in [1.807, 2.05) is 32.9 Å². The van der Waals surface area contributed by atoms with Gasteiger partial charge in [-0.1, -0.05) is 32.4 Å². The maximum absolute atomic E-state index is 11.9. The first-order valence-electron chi connectivity index (χ1n) is 7.20. The molecule has 0 aliphatic carbocycles. The Morgan fingerprint density at radius 2 is 2.00 bits per heavy atom. The van der Waals surface area contributed by atoms with E-state index in [2.05, 4.69) is 5.32 Å². The number of rotatable bonds is 3. The van der Waals surface area contributed by atoms with Crippen molar-refractivity contribution in [3.8, 4) is 11.5 Å². The van der Waals surface area contributed by atoms with Crippen LogP contribution in [0.25, 0.3) is 0 Å². The molecule has 5 heteroatoms. The second kappa shape index (κ2) is 6.56. The molecule has 0 aromatic heterocycles. The van der Waals surface area contributed by atoms with Gasteiger partial charge < -0.3 is 14.8 Å². The smallest absolute Gasteiger partial charge is 0.220 e. The first-order chi connectivity index (χ1) is 9.85. The number of hydrogen-bond acceptors (Lipinski definition) is 3. The zero-order valence-corrected chi connectivity index (χ0v) is 13.5. The van der Waals surface area contributed by atoms with Crippen molar-refractivity contribution in [2.45, 2.75) is 40.2 Å². The zero-order valence-electron chi connectivity index (χ0n) is 12.8. The van der Waals surface area contributed by atoms with Gasteiger partial charge in [0.05, 0.1) is 18.2 Å². The van der Waals surface area contributed by atoms with E-state index in [4.69, 9.17) is 21.1 Å². The lowest BCUT2D eigenvalue weighted by atomic mass is 9.92. The van der Waals surface area contributed by atoms with Crippen LogP contribution in [0.3, 0.4) is 0 Å². The molecule has 1 aliphatic heterocycles. The van der Waals surface area contributed by atoms with Gasteiger partial charge in [0.2, 0.25) is 5.91 Å². The van der Waals surface area contributed by atoms with Gasteiger partial charge >= 0.3 is 0 Å². The summed E-state index contributed by atoms with van der Waals surface area (Å²) in [4.78, 5) is 11.9. The normalized spacial score (nSPS) is 14.5. The van der Waals surface area contributed by atoms with Crippen LogP contribution < -0.4 is 14.8 Å². The lowest BCUT2D eigenvalue weighted by Gasteiger charge is -2.17. The molecule has 1 aromatic rings. The summed E-state index contributed by atoms with van der Waals surface area (Å²) in [6.07, 6.45) is 1.33. The van der Waals surface area contributed by atoms with Crippen molar-refractivity contribution in [1.82, 2.24) is 5.32 Å². The van der Waals surface area contributed by atoms with Crippen LogP contribution in [0.4, 0.5) is 0 Å². The molecule has 1 aliphatic rings. The summed E-state index contributed by atoms with van der Waals surface area (Å²) in [5, 5.41) is 3.43. The van der Waals surface area contributed by atoms with Gasteiger partial charge in [0.25, 0.3) is 0 Å². The molecule has 1 aromatic carbocycles. The number of ether oxygens (including phenoxy) is 2. The highest BCUT2D eigenvalue weighted by Gasteiger charge is 2.18. The van der Waals surface area contributed by atoms with Gasteiger partial charge in [-0.3, -0.25) is 4.79 Å². The maximum Gasteiger partial charge on any atom is 0.220 e. The van der Waals surface area contributed by atoms with Crippen molar-refractivity contribution in [2.24, 2.45) is 5.41 Å². The van der Waals surface area contributed by atoms with Gasteiger partial charge in [-0.2, -0.15) is 0 Å². The Morgan fingerprint density at radius 1 is 1.29 bits per heavy atom. The average Bonchev–Trinajstić information content (AvgIpc) is 2.60. The quantitative estimate of drug-likeness (QED) is 0.928. The van der Waals surface area contributed by atoms with Gasteiger partial charge in [-0.05, 0) is 23.1 Å². The minimum absolute atomic E-state index is 0.0214. The highest BCUT2D eigenvalue weighted by atomic mass is 35.5. The minimum atomic E-state index is -0.0214. The number of benzene rings is 1. The molecule has 2 rings (SSSR count). The number of carbonyl (C=O) groups is 1. The molecule has 1 N–H and O–H groups in total. The van der Waals surface area contributed by atoms with Crippen molar-refractivity contribution in [1.29, 1.82) is 0 Å². The summed E-state index contributed by atoms with van der Waals surface area (Å²) >= 11 is 6.22. The van der Waals surface area contributed by atoms with Crippen molar-refractivity contribution in [3.63, 3.8) is 0 Å². The van der Waals surface area contributed by atoms with Crippen LogP contribution in [-0.4, -0.2) is 19.1 Å². The van der Waals surface area contributed by atoms with Crippen LogP contribution in [0.5, 0.6) is 11.5 Å². The van der Waals surface area contributed by atoms with Crippen molar-refractivity contribution in [3.05, 3.63) is 22.7 Å². The summed E-state index contributed by atoms with van der Waals surface area (Å²) in [7, 11) is 0. The SMILES string of the molecule is CC(C)(C)CC(=O)NCc1cc(Cl)c2c(c1)OCCCO2. The van der Waals surface area contributed by atoms with Gasteiger partial charge in [-0.25, -0.2) is 0 Å². The molecule has 4 nitrogen and oxygen atoms in total. The first-order valence-corrected chi connectivity index (χ1v) is 7.58. The second-order valence-corrected chi connectivity index (χ2v) is 6.88. The maximum atomic E-state index is 11.9. The van der Waals surface area contributed by atoms with E-state index in [9.17, 15) is 4.79 Å². The standard InChI is InChI=1S/C16H22ClNO3/c1-16(2,3)9-14(19)18-10-11-7-12(17)15-13(8-11)20-5-4-6-21-15/h7-8H,4-6,9-10H2,1-3H3,(H,18,19). The third-order valence-electron chi connectivity index (χ3n) is 3.04. The van der Waals surface area contributed by atoms with E-state index < -0.39 is 0 Å². The predicted molar refractivity (Wildman–Crippen MR) is 83.0 cm³/mol. The number of halogens is 1. The monoisotopic (exact) mass is 311 g/mol. The summed E-state index contributed by atoms with van der Waals surface area (Å²) in [6.45, 7) is 7.77. The Morgan fingerprint density at radius 3 is 2.71 bits per heavy atom. The molecule has 116 valence electrons. The fraction of sp³-hybridized carbons (Fsp3) is 0.562. The Labute approximate surface area is 130 Å². The van der Waals surface area contributed by atoms with E-state index in [1.165, 1.54) is 0 Å². The molecule has 0 atom stereocenters. The fourth-order valence-electron chi connectivity index (χ4n) is 2.13. The number of carbonyl (C=O) groups excluding carboxylic acids is 1. The molecule has 0 spiro atoms. The first kappa shape index (κ1) is 16.0. The molecular weight excluding hydrogens is 290 g/mol. The van der Waals surface area contributed by atoms with E-state index in [1.54, 1.807) is 0 Å². The van der Waals surface area contributed by atoms with Crippen LogP contribution in [0.1, 0.15) is 39.2 Å². The summed E-state index contributed by atoms with van der Waals surface area (Å²) in [6, 6.07) is 3.69. The molecule has 0 saturated carbocycles. The summed E-state index contributed by atoms with van der Waals surface area (Å²) < 4.78 is 11.2. The highest BCUT2D eigenvalue weighted by molar-refractivity contribution is 6.32. The third-order valence-corrected chi connectivity index (χ3v) is 3.32. The number of nitrogens with one attached hydrogen (secondary N) is 1. The highest BCUT2D eigenvalue weighted by Crippen LogP contribution is 2.37. The molecule has 0 radical (unpaired) electrons. The molecular formula is C16H22ClNO3. The van der Waals surface area contributed by atoms with Crippen LogP contribution in [0.2, 0.25) is 5.02 Å². The largest absolute Gasteiger partial charge is 0.489 e. The molecule has 0 unspecified atom stereocenters. The van der Waals surface area contributed by atoms with Crippen molar-refractivity contribution >= 4 is 17.5 Å². The summed E-state index contributed by atoms with van der Waals surface area (Å²) in [5.41, 5.74) is 0.887.